The van der Waals surface area contributed by atoms with E-state index in [1.165, 1.54) is 0 Å². The Bertz CT molecular complexity index is 952. The molecule has 4 rings (SSSR count). The van der Waals surface area contributed by atoms with Gasteiger partial charge in [-0.15, -0.1) is 0 Å². The van der Waals surface area contributed by atoms with E-state index < -0.39 is 5.60 Å². The van der Waals surface area contributed by atoms with Crippen molar-refractivity contribution in [1.29, 1.82) is 0 Å². The Balaban J connectivity index is 1.40. The van der Waals surface area contributed by atoms with E-state index in [-0.39, 0.29) is 30.1 Å². The molecule has 1 saturated carbocycles. The van der Waals surface area contributed by atoms with Crippen molar-refractivity contribution in [1.82, 2.24) is 25.0 Å². The number of piperidine rings is 1. The Kier molecular flexibility index (Phi) is 5.77. The lowest BCUT2D eigenvalue weighted by molar-refractivity contribution is -0.129. The molecule has 2 aliphatic rings. The molecule has 2 fully saturated rings. The van der Waals surface area contributed by atoms with Gasteiger partial charge in [-0.1, -0.05) is 0 Å². The highest BCUT2D eigenvalue weighted by Gasteiger charge is 2.35. The van der Waals surface area contributed by atoms with Gasteiger partial charge in [0.1, 0.15) is 5.60 Å². The minimum atomic E-state index is -0.503. The van der Waals surface area contributed by atoms with Crippen LogP contribution in [0.1, 0.15) is 59.4 Å². The lowest BCUT2D eigenvalue weighted by Crippen LogP contribution is -2.47. The van der Waals surface area contributed by atoms with Gasteiger partial charge >= 0.3 is 6.09 Å². The Morgan fingerprint density at radius 2 is 1.87 bits per heavy atom. The van der Waals surface area contributed by atoms with Gasteiger partial charge in [0, 0.05) is 38.3 Å². The van der Waals surface area contributed by atoms with Gasteiger partial charge < -0.3 is 20.3 Å². The molecule has 9 nitrogen and oxygen atoms in total. The van der Waals surface area contributed by atoms with Crippen LogP contribution in [-0.2, 0) is 9.53 Å². The molecule has 9 heteroatoms. The number of carbonyl (C=O) groups excluding carboxylic acids is 2. The van der Waals surface area contributed by atoms with Gasteiger partial charge in [-0.25, -0.2) is 14.5 Å². The maximum absolute atomic E-state index is 12.0. The summed E-state index contributed by atoms with van der Waals surface area (Å²) < 4.78 is 7.33. The Morgan fingerprint density at radius 3 is 2.52 bits per heavy atom. The van der Waals surface area contributed by atoms with Crippen LogP contribution in [0.4, 0.5) is 10.6 Å². The number of pyridine rings is 1. The molecule has 1 aliphatic carbocycles. The Labute approximate surface area is 182 Å². The van der Waals surface area contributed by atoms with Gasteiger partial charge in [0.25, 0.3) is 0 Å². The number of rotatable bonds is 4. The average molecular weight is 429 g/mol. The molecular formula is C22H32N6O3. The van der Waals surface area contributed by atoms with E-state index in [2.05, 4.69) is 15.6 Å². The van der Waals surface area contributed by atoms with Crippen molar-refractivity contribution in [2.75, 3.05) is 18.4 Å². The normalized spacial score (nSPS) is 22.1. The first-order valence-electron chi connectivity index (χ1n) is 11.0. The fourth-order valence-electron chi connectivity index (χ4n) is 4.25. The molecule has 0 spiro atoms. The minimum absolute atomic E-state index is 0.0788. The van der Waals surface area contributed by atoms with Crippen molar-refractivity contribution in [3.8, 4) is 0 Å². The third kappa shape index (κ3) is 4.91. The Morgan fingerprint density at radius 1 is 1.16 bits per heavy atom. The lowest BCUT2D eigenvalue weighted by Gasteiger charge is -2.36. The summed E-state index contributed by atoms with van der Waals surface area (Å²) in [7, 11) is 0. The molecule has 31 heavy (non-hydrogen) atoms. The van der Waals surface area contributed by atoms with Gasteiger partial charge in [-0.05, 0) is 58.6 Å². The fourth-order valence-corrected chi connectivity index (χ4v) is 4.25. The van der Waals surface area contributed by atoms with Crippen molar-refractivity contribution in [2.45, 2.75) is 77.1 Å². The molecule has 0 aromatic carbocycles. The summed E-state index contributed by atoms with van der Waals surface area (Å²) in [4.78, 5) is 30.0. The van der Waals surface area contributed by atoms with E-state index in [1.54, 1.807) is 13.1 Å². The molecule has 1 saturated heterocycles. The fraction of sp³-hybridized carbons (Fsp3) is 0.636. The number of ether oxygens (including phenoxy) is 1. The van der Waals surface area contributed by atoms with Gasteiger partial charge in [-0.3, -0.25) is 4.79 Å². The molecule has 2 aromatic rings. The zero-order chi connectivity index (χ0) is 22.2. The second kappa shape index (κ2) is 8.36. The van der Waals surface area contributed by atoms with E-state index in [0.717, 1.165) is 55.6 Å². The summed E-state index contributed by atoms with van der Waals surface area (Å²) in [6.45, 7) is 8.73. The smallest absolute Gasteiger partial charge is 0.407 e. The number of nitrogens with zero attached hydrogens (tertiary/aromatic N) is 4. The van der Waals surface area contributed by atoms with Crippen LogP contribution in [-0.4, -0.2) is 62.4 Å². The lowest BCUT2D eigenvalue weighted by atomic mass is 9.87. The molecule has 0 unspecified atom stereocenters. The third-order valence-electron chi connectivity index (χ3n) is 5.93. The van der Waals surface area contributed by atoms with Crippen molar-refractivity contribution >= 4 is 28.9 Å². The molecule has 2 amide bonds. The zero-order valence-electron chi connectivity index (χ0n) is 18.7. The summed E-state index contributed by atoms with van der Waals surface area (Å²) in [6, 6.07) is 4.51. The van der Waals surface area contributed by atoms with Gasteiger partial charge in [0.2, 0.25) is 5.91 Å². The van der Waals surface area contributed by atoms with E-state index in [0.29, 0.717) is 0 Å². The molecule has 2 aromatic heterocycles. The number of alkyl carbamates (subject to hydrolysis) is 1. The Hall–Kier alpha value is -2.84. The highest BCUT2D eigenvalue weighted by molar-refractivity contribution is 5.87. The monoisotopic (exact) mass is 428 g/mol. The highest BCUT2D eigenvalue weighted by atomic mass is 16.6. The first kappa shape index (κ1) is 21.4. The molecule has 0 bridgehead atoms. The number of likely N-dealkylation sites (tertiary alicyclic amines) is 1. The highest BCUT2D eigenvalue weighted by Crippen LogP contribution is 2.36. The number of hydrogen-bond acceptors (Lipinski definition) is 6. The van der Waals surface area contributed by atoms with E-state index in [1.807, 2.05) is 42.5 Å². The first-order chi connectivity index (χ1) is 14.7. The number of carbonyl (C=O) groups is 2. The van der Waals surface area contributed by atoms with Crippen LogP contribution in [0, 0.1) is 0 Å². The molecule has 1 aliphatic heterocycles. The molecule has 168 valence electrons. The SMILES string of the molecule is CC(=O)N1CCC(Nc2nn(C3CC(NC(=O)OC(C)(C)C)C3)c3ncccc23)CC1. The molecule has 0 atom stereocenters. The van der Waals surface area contributed by atoms with Crippen LogP contribution in [0.25, 0.3) is 11.0 Å². The van der Waals surface area contributed by atoms with E-state index in [4.69, 9.17) is 9.84 Å². The standard InChI is InChI=1S/C22H32N6O3/c1-14(29)27-10-7-15(8-11-27)24-19-18-6-5-9-23-20(18)28(26-19)17-12-16(13-17)25-21(30)31-22(2,3)4/h5-6,9,15-17H,7-8,10-13H2,1-4H3,(H,24,26)(H,25,30). The minimum Gasteiger partial charge on any atom is -0.444 e. The van der Waals surface area contributed by atoms with Crippen LogP contribution in [0.3, 0.4) is 0 Å². The van der Waals surface area contributed by atoms with Crippen molar-refractivity contribution in [3.63, 3.8) is 0 Å². The number of nitrogens with one attached hydrogen (secondary N) is 2. The molecule has 0 radical (unpaired) electrons. The average Bonchev–Trinajstić information content (AvgIpc) is 3.01. The second-order valence-electron chi connectivity index (χ2n) is 9.56. The maximum atomic E-state index is 12.0. The van der Waals surface area contributed by atoms with E-state index in [9.17, 15) is 9.59 Å². The van der Waals surface area contributed by atoms with Crippen LogP contribution in [0.15, 0.2) is 18.3 Å². The third-order valence-corrected chi connectivity index (χ3v) is 5.93. The quantitative estimate of drug-likeness (QED) is 0.776. The van der Waals surface area contributed by atoms with Crippen LogP contribution in [0.5, 0.6) is 0 Å². The van der Waals surface area contributed by atoms with Crippen LogP contribution >= 0.6 is 0 Å². The van der Waals surface area contributed by atoms with Crippen LogP contribution < -0.4 is 10.6 Å². The van der Waals surface area contributed by atoms with Crippen molar-refractivity contribution < 1.29 is 14.3 Å². The number of aromatic nitrogens is 3. The summed E-state index contributed by atoms with van der Waals surface area (Å²) >= 11 is 0. The number of amides is 2. The van der Waals surface area contributed by atoms with Gasteiger partial charge in [0.05, 0.1) is 11.4 Å². The summed E-state index contributed by atoms with van der Waals surface area (Å²) in [5.41, 5.74) is 0.350. The maximum Gasteiger partial charge on any atom is 0.407 e. The zero-order valence-corrected chi connectivity index (χ0v) is 18.7. The van der Waals surface area contributed by atoms with Crippen molar-refractivity contribution in [3.05, 3.63) is 18.3 Å². The van der Waals surface area contributed by atoms with E-state index >= 15 is 0 Å². The second-order valence-corrected chi connectivity index (χ2v) is 9.56. The van der Waals surface area contributed by atoms with Crippen molar-refractivity contribution in [2.24, 2.45) is 0 Å². The molecule has 3 heterocycles. The summed E-state index contributed by atoms with van der Waals surface area (Å²) in [5.74, 6) is 0.977. The van der Waals surface area contributed by atoms with Gasteiger partial charge in [0.15, 0.2) is 11.5 Å². The molecule has 2 N–H and O–H groups in total. The molecular weight excluding hydrogens is 396 g/mol. The van der Waals surface area contributed by atoms with Crippen LogP contribution in [0.2, 0.25) is 0 Å². The first-order valence-corrected chi connectivity index (χ1v) is 11.0. The number of hydrogen-bond donors (Lipinski definition) is 2. The number of fused-ring (bicyclic) bond motifs is 1. The summed E-state index contributed by atoms with van der Waals surface area (Å²) in [6.07, 6.45) is 4.80. The summed E-state index contributed by atoms with van der Waals surface area (Å²) in [5, 5.41) is 12.4. The largest absolute Gasteiger partial charge is 0.444 e. The predicted molar refractivity (Wildman–Crippen MR) is 118 cm³/mol. The van der Waals surface area contributed by atoms with Gasteiger partial charge in [-0.2, -0.15) is 5.10 Å². The number of anilines is 1. The predicted octanol–water partition coefficient (Wildman–Crippen LogP) is 3.08. The topological polar surface area (TPSA) is 101 Å².